The summed E-state index contributed by atoms with van der Waals surface area (Å²) >= 11 is 0. The van der Waals surface area contributed by atoms with Crippen molar-refractivity contribution in [2.45, 2.75) is 17.7 Å². The first-order valence-corrected chi connectivity index (χ1v) is 13.2. The topological polar surface area (TPSA) is 103 Å². The smallest absolute Gasteiger partial charge is 0.265 e. The van der Waals surface area contributed by atoms with Crippen LogP contribution >= 0.6 is 0 Å². The summed E-state index contributed by atoms with van der Waals surface area (Å²) in [6.45, 7) is -0.331. The molecule has 3 aromatic rings. The standard InChI is InChI=1S/C27H31FN2O7S/c1-34-23-13-11-19(16-25(23)36-3)8-7-15-29-27(31)18-30(22-10-6-5-9-21(22)28)38(32,33)20-12-14-24(35-2)26(17-20)37-4/h5-6,9-14,16-17H,7-8,15,18H2,1-4H3,(H,29,31). The number of nitrogens with one attached hydrogen (secondary N) is 1. The van der Waals surface area contributed by atoms with E-state index >= 15 is 0 Å². The van der Waals surface area contributed by atoms with Gasteiger partial charge in [-0.3, -0.25) is 9.10 Å². The maximum atomic E-state index is 14.7. The molecule has 1 N–H and O–H groups in total. The lowest BCUT2D eigenvalue weighted by Gasteiger charge is -2.25. The Hall–Kier alpha value is -3.99. The summed E-state index contributed by atoms with van der Waals surface area (Å²) in [5.74, 6) is 0.378. The Morgan fingerprint density at radius 2 is 1.45 bits per heavy atom. The van der Waals surface area contributed by atoms with Crippen molar-refractivity contribution in [3.8, 4) is 23.0 Å². The highest BCUT2D eigenvalue weighted by Crippen LogP contribution is 2.33. The van der Waals surface area contributed by atoms with Crippen molar-refractivity contribution in [1.29, 1.82) is 0 Å². The second-order valence-electron chi connectivity index (χ2n) is 8.12. The molecule has 0 aromatic heterocycles. The van der Waals surface area contributed by atoms with Gasteiger partial charge < -0.3 is 24.3 Å². The van der Waals surface area contributed by atoms with Gasteiger partial charge in [-0.1, -0.05) is 18.2 Å². The van der Waals surface area contributed by atoms with Crippen LogP contribution in [0.4, 0.5) is 10.1 Å². The monoisotopic (exact) mass is 546 g/mol. The normalized spacial score (nSPS) is 11.0. The number of halogens is 1. The van der Waals surface area contributed by atoms with Crippen LogP contribution in [0.1, 0.15) is 12.0 Å². The van der Waals surface area contributed by atoms with Crippen LogP contribution in [0.3, 0.4) is 0 Å². The average Bonchev–Trinajstić information content (AvgIpc) is 2.93. The molecule has 0 heterocycles. The number of methoxy groups -OCH3 is 4. The van der Waals surface area contributed by atoms with E-state index in [1.165, 1.54) is 50.6 Å². The Bertz CT molecular complexity index is 1370. The predicted molar refractivity (Wildman–Crippen MR) is 141 cm³/mol. The molecule has 0 aliphatic heterocycles. The summed E-state index contributed by atoms with van der Waals surface area (Å²) in [7, 11) is 1.56. The van der Waals surface area contributed by atoms with E-state index in [2.05, 4.69) is 5.32 Å². The molecular weight excluding hydrogens is 515 g/mol. The quantitative estimate of drug-likeness (QED) is 0.325. The number of aryl methyl sites for hydroxylation is 1. The zero-order valence-corrected chi connectivity index (χ0v) is 22.5. The van der Waals surface area contributed by atoms with Gasteiger partial charge in [0.1, 0.15) is 12.4 Å². The molecule has 0 saturated carbocycles. The van der Waals surface area contributed by atoms with Gasteiger partial charge in [0.2, 0.25) is 5.91 Å². The van der Waals surface area contributed by atoms with E-state index in [0.29, 0.717) is 30.1 Å². The van der Waals surface area contributed by atoms with Crippen molar-refractivity contribution in [3.05, 3.63) is 72.0 Å². The maximum Gasteiger partial charge on any atom is 0.265 e. The Balaban J connectivity index is 1.75. The number of nitrogens with zero attached hydrogens (tertiary/aromatic N) is 1. The van der Waals surface area contributed by atoms with Crippen LogP contribution in [0.25, 0.3) is 0 Å². The molecule has 0 saturated heterocycles. The van der Waals surface area contributed by atoms with Crippen LogP contribution in [0.5, 0.6) is 23.0 Å². The molecule has 0 bridgehead atoms. The van der Waals surface area contributed by atoms with Gasteiger partial charge >= 0.3 is 0 Å². The summed E-state index contributed by atoms with van der Waals surface area (Å²) in [6.07, 6.45) is 1.23. The number of hydrogen-bond acceptors (Lipinski definition) is 7. The lowest BCUT2D eigenvalue weighted by atomic mass is 10.1. The molecule has 0 radical (unpaired) electrons. The third-order valence-corrected chi connectivity index (χ3v) is 7.52. The van der Waals surface area contributed by atoms with Crippen LogP contribution in [-0.4, -0.2) is 55.9 Å². The van der Waals surface area contributed by atoms with Crippen molar-refractivity contribution in [1.82, 2.24) is 5.32 Å². The van der Waals surface area contributed by atoms with E-state index in [0.717, 1.165) is 15.9 Å². The largest absolute Gasteiger partial charge is 0.493 e. The van der Waals surface area contributed by atoms with Gasteiger partial charge in [0.25, 0.3) is 10.0 Å². The van der Waals surface area contributed by atoms with E-state index in [-0.39, 0.29) is 22.9 Å². The molecule has 38 heavy (non-hydrogen) atoms. The summed E-state index contributed by atoms with van der Waals surface area (Å²) in [5, 5.41) is 2.72. The molecular formula is C27H31FN2O7S. The van der Waals surface area contributed by atoms with Crippen molar-refractivity contribution >= 4 is 21.6 Å². The van der Waals surface area contributed by atoms with E-state index in [4.69, 9.17) is 18.9 Å². The van der Waals surface area contributed by atoms with Crippen molar-refractivity contribution in [2.75, 3.05) is 45.8 Å². The molecule has 0 fully saturated rings. The average molecular weight is 547 g/mol. The Labute approximate surface area is 222 Å². The second kappa shape index (κ2) is 13.0. The van der Waals surface area contributed by atoms with Gasteiger partial charge in [0.15, 0.2) is 23.0 Å². The molecule has 0 spiro atoms. The number of ether oxygens (including phenoxy) is 4. The fourth-order valence-electron chi connectivity index (χ4n) is 3.80. The summed E-state index contributed by atoms with van der Waals surface area (Å²) < 4.78 is 63.5. The van der Waals surface area contributed by atoms with E-state index in [9.17, 15) is 17.6 Å². The Morgan fingerprint density at radius 1 is 0.842 bits per heavy atom. The van der Waals surface area contributed by atoms with Crippen LogP contribution < -0.4 is 28.6 Å². The van der Waals surface area contributed by atoms with Gasteiger partial charge in [0, 0.05) is 12.6 Å². The Kier molecular flexibility index (Phi) is 9.78. The minimum atomic E-state index is -4.35. The molecule has 0 aliphatic carbocycles. The molecule has 204 valence electrons. The number of carbonyl (C=O) groups is 1. The minimum absolute atomic E-state index is 0.181. The number of hydrogen-bond donors (Lipinski definition) is 1. The van der Waals surface area contributed by atoms with Gasteiger partial charge in [0.05, 0.1) is 39.0 Å². The second-order valence-corrected chi connectivity index (χ2v) is 9.99. The first-order valence-electron chi connectivity index (χ1n) is 11.7. The van der Waals surface area contributed by atoms with Gasteiger partial charge in [-0.05, 0) is 54.8 Å². The van der Waals surface area contributed by atoms with Crippen molar-refractivity contribution < 1.29 is 36.6 Å². The van der Waals surface area contributed by atoms with Gasteiger partial charge in [-0.15, -0.1) is 0 Å². The minimum Gasteiger partial charge on any atom is -0.493 e. The Morgan fingerprint density at radius 3 is 2.08 bits per heavy atom. The lowest BCUT2D eigenvalue weighted by Crippen LogP contribution is -2.41. The number of sulfonamides is 1. The molecule has 3 aromatic carbocycles. The van der Waals surface area contributed by atoms with Gasteiger partial charge in [-0.25, -0.2) is 12.8 Å². The van der Waals surface area contributed by atoms with Crippen molar-refractivity contribution in [3.63, 3.8) is 0 Å². The highest BCUT2D eigenvalue weighted by molar-refractivity contribution is 7.92. The highest BCUT2D eigenvalue weighted by atomic mass is 32.2. The van der Waals surface area contributed by atoms with E-state index in [1.54, 1.807) is 20.3 Å². The number of rotatable bonds is 13. The molecule has 1 amide bonds. The first kappa shape index (κ1) is 28.6. The fraction of sp³-hybridized carbons (Fsp3) is 0.296. The molecule has 0 atom stereocenters. The van der Waals surface area contributed by atoms with Crippen LogP contribution in [-0.2, 0) is 21.2 Å². The SMILES string of the molecule is COc1ccc(CCCNC(=O)CN(c2ccccc2F)S(=O)(=O)c2ccc(OC)c(OC)c2)cc1OC. The van der Waals surface area contributed by atoms with Crippen LogP contribution in [0.15, 0.2) is 65.6 Å². The number of para-hydroxylation sites is 1. The maximum absolute atomic E-state index is 14.7. The highest BCUT2D eigenvalue weighted by Gasteiger charge is 2.30. The van der Waals surface area contributed by atoms with E-state index < -0.39 is 28.3 Å². The predicted octanol–water partition coefficient (Wildman–Crippen LogP) is 3.80. The molecule has 9 nitrogen and oxygen atoms in total. The lowest BCUT2D eigenvalue weighted by molar-refractivity contribution is -0.119. The summed E-state index contributed by atoms with van der Waals surface area (Å²) in [4.78, 5) is 12.6. The number of benzene rings is 3. The molecule has 11 heteroatoms. The first-order chi connectivity index (χ1) is 18.2. The van der Waals surface area contributed by atoms with E-state index in [1.807, 2.05) is 12.1 Å². The van der Waals surface area contributed by atoms with Crippen molar-refractivity contribution in [2.24, 2.45) is 0 Å². The molecule has 3 rings (SSSR count). The van der Waals surface area contributed by atoms with Gasteiger partial charge in [-0.2, -0.15) is 0 Å². The van der Waals surface area contributed by atoms with Crippen LogP contribution in [0, 0.1) is 5.82 Å². The zero-order chi connectivity index (χ0) is 27.7. The zero-order valence-electron chi connectivity index (χ0n) is 21.7. The number of carbonyl (C=O) groups excluding carboxylic acids is 1. The third-order valence-electron chi connectivity index (χ3n) is 5.76. The third kappa shape index (κ3) is 6.65. The number of anilines is 1. The fourth-order valence-corrected chi connectivity index (χ4v) is 5.25. The molecule has 0 aliphatic rings. The summed E-state index contributed by atoms with van der Waals surface area (Å²) in [5.41, 5.74) is 0.740. The molecule has 0 unspecified atom stereocenters. The number of amides is 1. The van der Waals surface area contributed by atoms with Crippen LogP contribution in [0.2, 0.25) is 0 Å². The summed E-state index contributed by atoms with van der Waals surface area (Å²) in [6, 6.07) is 14.9.